The average molecular weight is 493 g/mol. The maximum Gasteiger partial charge on any atom is 0.251 e. The highest BCUT2D eigenvalue weighted by Crippen LogP contribution is 2.27. The first-order chi connectivity index (χ1) is 16.8. The van der Waals surface area contributed by atoms with Crippen molar-refractivity contribution in [2.45, 2.75) is 29.7 Å². The molecule has 1 heterocycles. The zero-order valence-electron chi connectivity index (χ0n) is 19.7. The lowest BCUT2D eigenvalue weighted by Crippen LogP contribution is -2.55. The minimum Gasteiger partial charge on any atom is -0.378 e. The number of hydrogen-bond acceptors (Lipinski definition) is 5. The van der Waals surface area contributed by atoms with Crippen LogP contribution in [-0.4, -0.2) is 50.9 Å². The van der Waals surface area contributed by atoms with E-state index in [1.54, 1.807) is 0 Å². The van der Waals surface area contributed by atoms with E-state index in [0.29, 0.717) is 12.1 Å². The molecule has 0 aromatic heterocycles. The van der Waals surface area contributed by atoms with Crippen molar-refractivity contribution in [1.29, 1.82) is 0 Å². The van der Waals surface area contributed by atoms with E-state index < -0.39 is 10.0 Å². The van der Waals surface area contributed by atoms with Gasteiger partial charge in [-0.3, -0.25) is 4.79 Å². The maximum absolute atomic E-state index is 12.8. The summed E-state index contributed by atoms with van der Waals surface area (Å²) in [4.78, 5) is 15.3. The Labute approximate surface area is 207 Å². The summed E-state index contributed by atoms with van der Waals surface area (Å²) >= 11 is 0. The third kappa shape index (κ3) is 6.91. The van der Waals surface area contributed by atoms with Gasteiger partial charge in [0.2, 0.25) is 10.0 Å². The molecule has 0 saturated carbocycles. The van der Waals surface area contributed by atoms with Crippen LogP contribution < -0.4 is 15.8 Å². The first-order valence-electron chi connectivity index (χ1n) is 11.8. The van der Waals surface area contributed by atoms with Gasteiger partial charge in [-0.05, 0) is 61.2 Å². The van der Waals surface area contributed by atoms with Crippen LogP contribution in [0.2, 0.25) is 0 Å². The normalized spacial score (nSPS) is 15.9. The molecule has 3 aromatic rings. The Kier molecular flexibility index (Phi) is 7.85. The van der Waals surface area contributed by atoms with Crippen molar-refractivity contribution in [1.82, 2.24) is 10.2 Å². The lowest BCUT2D eigenvalue weighted by molar-refractivity contribution is 0.0931. The molecule has 0 bridgehead atoms. The number of rotatable bonds is 9. The monoisotopic (exact) mass is 492 g/mol. The summed E-state index contributed by atoms with van der Waals surface area (Å²) in [5.41, 5.74) is 2.48. The van der Waals surface area contributed by atoms with Crippen molar-refractivity contribution in [3.05, 3.63) is 96.1 Å². The number of piperidine rings is 1. The van der Waals surface area contributed by atoms with E-state index in [1.165, 1.54) is 29.8 Å². The molecule has 0 radical (unpaired) electrons. The number of sulfonamides is 1. The van der Waals surface area contributed by atoms with Crippen LogP contribution in [0.15, 0.2) is 89.8 Å². The largest absolute Gasteiger partial charge is 0.378 e. The number of hydrogen-bond donors (Lipinski definition) is 3. The van der Waals surface area contributed by atoms with E-state index in [-0.39, 0.29) is 16.3 Å². The minimum absolute atomic E-state index is 0.0147. The molecule has 0 aliphatic carbocycles. The molecule has 7 nitrogen and oxygen atoms in total. The van der Waals surface area contributed by atoms with E-state index in [1.807, 2.05) is 36.4 Å². The lowest BCUT2D eigenvalue weighted by atomic mass is 9.86. The number of carbonyl (C=O) groups excluding carboxylic acids is 1. The second-order valence-electron chi connectivity index (χ2n) is 9.10. The van der Waals surface area contributed by atoms with Crippen LogP contribution >= 0.6 is 0 Å². The molecule has 184 valence electrons. The first kappa shape index (κ1) is 24.9. The molecule has 1 saturated heterocycles. The SMILES string of the molecule is NS(=O)(=O)c1ccc(C(=O)NCC2(Nc3ccccc3)CCN(CCc3ccccc3)CC2)cc1. The summed E-state index contributed by atoms with van der Waals surface area (Å²) in [6, 6.07) is 26.2. The zero-order valence-corrected chi connectivity index (χ0v) is 20.5. The number of amides is 1. The van der Waals surface area contributed by atoms with Crippen LogP contribution in [0.4, 0.5) is 5.69 Å². The fraction of sp³-hybridized carbons (Fsp3) is 0.296. The van der Waals surface area contributed by atoms with Gasteiger partial charge in [-0.15, -0.1) is 0 Å². The van der Waals surface area contributed by atoms with Crippen LogP contribution in [0.3, 0.4) is 0 Å². The molecule has 1 aliphatic rings. The highest BCUT2D eigenvalue weighted by Gasteiger charge is 2.35. The van der Waals surface area contributed by atoms with Gasteiger partial charge in [-0.2, -0.15) is 0 Å². The van der Waals surface area contributed by atoms with Crippen molar-refractivity contribution in [3.8, 4) is 0 Å². The second kappa shape index (κ2) is 11.0. The van der Waals surface area contributed by atoms with Gasteiger partial charge in [-0.25, -0.2) is 13.6 Å². The number of likely N-dealkylation sites (tertiary alicyclic amines) is 1. The number of carbonyl (C=O) groups is 1. The molecular formula is C27H32N4O3S. The van der Waals surface area contributed by atoms with E-state index in [0.717, 1.165) is 44.6 Å². The third-order valence-electron chi connectivity index (χ3n) is 6.59. The Balaban J connectivity index is 1.40. The fourth-order valence-corrected chi connectivity index (χ4v) is 4.97. The van der Waals surface area contributed by atoms with E-state index in [4.69, 9.17) is 5.14 Å². The average Bonchev–Trinajstić information content (AvgIpc) is 2.88. The van der Waals surface area contributed by atoms with E-state index in [2.05, 4.69) is 39.8 Å². The summed E-state index contributed by atoms with van der Waals surface area (Å²) in [5, 5.41) is 11.9. The van der Waals surface area contributed by atoms with Gasteiger partial charge in [0.05, 0.1) is 10.4 Å². The topological polar surface area (TPSA) is 105 Å². The van der Waals surface area contributed by atoms with Gasteiger partial charge in [-0.1, -0.05) is 48.5 Å². The number of nitrogens with one attached hydrogen (secondary N) is 2. The molecule has 1 amide bonds. The van der Waals surface area contributed by atoms with Crippen LogP contribution in [0, 0.1) is 0 Å². The van der Waals surface area contributed by atoms with E-state index in [9.17, 15) is 13.2 Å². The fourth-order valence-electron chi connectivity index (χ4n) is 4.46. The quantitative estimate of drug-likeness (QED) is 0.425. The Morgan fingerprint density at radius 3 is 2.09 bits per heavy atom. The van der Waals surface area contributed by atoms with Crippen LogP contribution in [0.1, 0.15) is 28.8 Å². The first-order valence-corrected chi connectivity index (χ1v) is 13.4. The Bertz CT molecular complexity index is 1210. The van der Waals surface area contributed by atoms with Gasteiger partial charge in [0.1, 0.15) is 0 Å². The van der Waals surface area contributed by atoms with Crippen molar-refractivity contribution in [3.63, 3.8) is 0 Å². The molecule has 3 aromatic carbocycles. The number of anilines is 1. The number of benzene rings is 3. The smallest absolute Gasteiger partial charge is 0.251 e. The van der Waals surface area contributed by atoms with Crippen molar-refractivity contribution in [2.24, 2.45) is 5.14 Å². The van der Waals surface area contributed by atoms with Crippen molar-refractivity contribution in [2.75, 3.05) is 31.5 Å². The molecule has 1 aliphatic heterocycles. The second-order valence-corrected chi connectivity index (χ2v) is 10.7. The van der Waals surface area contributed by atoms with Crippen molar-refractivity contribution >= 4 is 21.6 Å². The molecule has 8 heteroatoms. The number of para-hydroxylation sites is 1. The van der Waals surface area contributed by atoms with Gasteiger partial charge in [0.15, 0.2) is 0 Å². The predicted octanol–water partition coefficient (Wildman–Crippen LogP) is 3.25. The molecule has 0 atom stereocenters. The van der Waals surface area contributed by atoms with E-state index >= 15 is 0 Å². The van der Waals surface area contributed by atoms with Crippen LogP contribution in [0.5, 0.6) is 0 Å². The molecule has 0 unspecified atom stereocenters. The van der Waals surface area contributed by atoms with Gasteiger partial charge in [0.25, 0.3) is 5.91 Å². The zero-order chi connectivity index (χ0) is 24.7. The molecule has 4 N–H and O–H groups in total. The highest BCUT2D eigenvalue weighted by atomic mass is 32.2. The predicted molar refractivity (Wildman–Crippen MR) is 139 cm³/mol. The molecule has 4 rings (SSSR count). The lowest BCUT2D eigenvalue weighted by Gasteiger charge is -2.43. The highest BCUT2D eigenvalue weighted by molar-refractivity contribution is 7.89. The summed E-state index contributed by atoms with van der Waals surface area (Å²) in [6.07, 6.45) is 2.80. The molecule has 0 spiro atoms. The maximum atomic E-state index is 12.8. The molecular weight excluding hydrogens is 460 g/mol. The summed E-state index contributed by atoms with van der Waals surface area (Å²) in [5.74, 6) is -0.244. The van der Waals surface area contributed by atoms with Gasteiger partial charge in [0, 0.05) is 37.4 Å². The Morgan fingerprint density at radius 1 is 0.886 bits per heavy atom. The standard InChI is InChI=1S/C27H32N4O3S/c28-35(33,34)25-13-11-23(12-14-25)26(32)29-21-27(30-24-9-5-2-6-10-24)16-19-31(20-17-27)18-15-22-7-3-1-4-8-22/h1-14,30H,15-21H2,(H,29,32)(H2,28,33,34). The van der Waals surface area contributed by atoms with Crippen LogP contribution in [0.25, 0.3) is 0 Å². The summed E-state index contributed by atoms with van der Waals surface area (Å²) < 4.78 is 23.0. The number of primary sulfonamides is 1. The molecule has 1 fully saturated rings. The Hall–Kier alpha value is -3.20. The summed E-state index contributed by atoms with van der Waals surface area (Å²) in [7, 11) is -3.79. The van der Waals surface area contributed by atoms with Gasteiger partial charge >= 0.3 is 0 Å². The van der Waals surface area contributed by atoms with Crippen molar-refractivity contribution < 1.29 is 13.2 Å². The van der Waals surface area contributed by atoms with Crippen LogP contribution in [-0.2, 0) is 16.4 Å². The summed E-state index contributed by atoms with van der Waals surface area (Å²) in [6.45, 7) is 3.34. The third-order valence-corrected chi connectivity index (χ3v) is 7.52. The number of nitrogens with two attached hydrogens (primary N) is 1. The molecule has 35 heavy (non-hydrogen) atoms. The minimum atomic E-state index is -3.79. The van der Waals surface area contributed by atoms with Gasteiger partial charge < -0.3 is 15.5 Å². The Morgan fingerprint density at radius 2 is 1.49 bits per heavy atom. The number of nitrogens with zero attached hydrogens (tertiary/aromatic N) is 1.